The number of nitrogens with one attached hydrogen (secondary N) is 1. The number of amides is 1. The highest BCUT2D eigenvalue weighted by atomic mass is 16.5. The zero-order valence-electron chi connectivity index (χ0n) is 9.94. The fraction of sp³-hybridized carbons (Fsp3) is 0.900. The summed E-state index contributed by atoms with van der Waals surface area (Å²) in [6.07, 6.45) is 0. The van der Waals surface area contributed by atoms with E-state index in [0.29, 0.717) is 19.8 Å². The van der Waals surface area contributed by atoms with Gasteiger partial charge < -0.3 is 10.1 Å². The molecule has 1 N–H and O–H groups in total. The summed E-state index contributed by atoms with van der Waals surface area (Å²) >= 11 is 0. The molecule has 0 aromatic rings. The maximum absolute atomic E-state index is 10.2. The Morgan fingerprint density at radius 2 is 1.77 bits per heavy atom. The van der Waals surface area contributed by atoms with Crippen LogP contribution in [0.15, 0.2) is 0 Å². The van der Waals surface area contributed by atoms with Gasteiger partial charge in [0.2, 0.25) is 5.91 Å². The molecule has 0 aliphatic carbocycles. The van der Waals surface area contributed by atoms with Gasteiger partial charge in [0.25, 0.3) is 0 Å². The predicted octanol–water partition coefficient (Wildman–Crippen LogP) is 2.46. The van der Waals surface area contributed by atoms with Crippen LogP contribution < -0.4 is 5.32 Å². The van der Waals surface area contributed by atoms with Crippen LogP contribution in [-0.4, -0.2) is 25.7 Å². The molecule has 0 aliphatic rings. The fourth-order valence-electron chi connectivity index (χ4n) is 0.444. The van der Waals surface area contributed by atoms with Gasteiger partial charge in [-0.05, 0) is 6.92 Å². The van der Waals surface area contributed by atoms with E-state index in [1.165, 1.54) is 6.92 Å². The van der Waals surface area contributed by atoms with Gasteiger partial charge in [-0.1, -0.05) is 27.7 Å². The van der Waals surface area contributed by atoms with Gasteiger partial charge in [-0.25, -0.2) is 0 Å². The van der Waals surface area contributed by atoms with Crippen molar-refractivity contribution in [2.24, 2.45) is 0 Å². The summed E-state index contributed by atoms with van der Waals surface area (Å²) in [5.41, 5.74) is 0. The van der Waals surface area contributed by atoms with Crippen LogP contribution in [0.2, 0.25) is 0 Å². The molecule has 0 unspecified atom stereocenters. The normalized spacial score (nSPS) is 7.23. The minimum Gasteiger partial charge on any atom is -0.380 e. The molecule has 0 saturated heterocycles. The molecule has 1 amide bonds. The molecule has 3 nitrogen and oxygen atoms in total. The first-order chi connectivity index (χ1) is 6.27. The predicted molar refractivity (Wildman–Crippen MR) is 60.0 cm³/mol. The zero-order valence-corrected chi connectivity index (χ0v) is 9.94. The Kier molecular flexibility index (Phi) is 31.6. The van der Waals surface area contributed by atoms with Crippen LogP contribution in [0.25, 0.3) is 0 Å². The molecular weight excluding hydrogens is 166 g/mol. The highest BCUT2D eigenvalue weighted by molar-refractivity contribution is 5.72. The van der Waals surface area contributed by atoms with E-state index in [0.717, 1.165) is 0 Å². The summed E-state index contributed by atoms with van der Waals surface area (Å²) in [5.74, 6) is -0.00490. The lowest BCUT2D eigenvalue weighted by Gasteiger charge is -2.00. The Bertz CT molecular complexity index is 90.2. The van der Waals surface area contributed by atoms with Crippen molar-refractivity contribution in [2.75, 3.05) is 19.8 Å². The standard InChI is InChI=1S/C6H13NO2.2C2H6.H2/c1-3-9-5-4-7-6(2)8;2*1-2;/h3-5H2,1-2H3,(H,7,8);2*1-2H3;1H. The molecule has 0 rings (SSSR count). The smallest absolute Gasteiger partial charge is 0.216 e. The van der Waals surface area contributed by atoms with Gasteiger partial charge in [0, 0.05) is 21.5 Å². The molecule has 13 heavy (non-hydrogen) atoms. The Morgan fingerprint density at radius 1 is 1.31 bits per heavy atom. The molecule has 0 aromatic carbocycles. The largest absolute Gasteiger partial charge is 0.380 e. The van der Waals surface area contributed by atoms with Crippen molar-refractivity contribution in [1.82, 2.24) is 5.32 Å². The first-order valence-electron chi connectivity index (χ1n) is 5.09. The second kappa shape index (κ2) is 22.5. The molecule has 84 valence electrons. The molecule has 0 bridgehead atoms. The third-order valence-electron chi connectivity index (χ3n) is 0.824. The van der Waals surface area contributed by atoms with E-state index in [2.05, 4.69) is 5.32 Å². The van der Waals surface area contributed by atoms with Crippen LogP contribution in [0.4, 0.5) is 0 Å². The van der Waals surface area contributed by atoms with E-state index < -0.39 is 0 Å². The van der Waals surface area contributed by atoms with Gasteiger partial charge in [-0.3, -0.25) is 4.79 Å². The summed E-state index contributed by atoms with van der Waals surface area (Å²) in [6, 6.07) is 0. The van der Waals surface area contributed by atoms with Crippen LogP contribution in [0.5, 0.6) is 0 Å². The summed E-state index contributed by atoms with van der Waals surface area (Å²) in [6.45, 7) is 13.3. The lowest BCUT2D eigenvalue weighted by atomic mass is 10.6. The molecule has 0 atom stereocenters. The molecule has 0 aliphatic heterocycles. The number of carbonyl (C=O) groups excluding carboxylic acids is 1. The Labute approximate surface area is 84.3 Å². The van der Waals surface area contributed by atoms with Crippen molar-refractivity contribution in [2.45, 2.75) is 41.5 Å². The van der Waals surface area contributed by atoms with Gasteiger partial charge in [-0.15, -0.1) is 0 Å². The monoisotopic (exact) mass is 193 g/mol. The Hall–Kier alpha value is -0.570. The highest BCUT2D eigenvalue weighted by Crippen LogP contribution is 1.69. The number of hydrogen-bond acceptors (Lipinski definition) is 2. The molecule has 0 spiro atoms. The molecule has 0 saturated carbocycles. The van der Waals surface area contributed by atoms with Crippen molar-refractivity contribution in [3.63, 3.8) is 0 Å². The SMILES string of the molecule is CC.CC.CCOCCNC(C)=O.[HH]. The van der Waals surface area contributed by atoms with Crippen molar-refractivity contribution < 1.29 is 11.0 Å². The van der Waals surface area contributed by atoms with Gasteiger partial charge in [0.05, 0.1) is 6.61 Å². The first-order valence-corrected chi connectivity index (χ1v) is 5.09. The molecule has 0 aromatic heterocycles. The van der Waals surface area contributed by atoms with Crippen molar-refractivity contribution in [3.05, 3.63) is 0 Å². The minimum atomic E-state index is -0.00490. The summed E-state index contributed by atoms with van der Waals surface area (Å²) in [4.78, 5) is 10.2. The fourth-order valence-corrected chi connectivity index (χ4v) is 0.444. The third kappa shape index (κ3) is 34.5. The van der Waals surface area contributed by atoms with E-state index in [-0.39, 0.29) is 7.33 Å². The maximum Gasteiger partial charge on any atom is 0.216 e. The summed E-state index contributed by atoms with van der Waals surface area (Å²) in [5, 5.41) is 2.62. The quantitative estimate of drug-likeness (QED) is 0.696. The lowest BCUT2D eigenvalue weighted by molar-refractivity contribution is -0.119. The van der Waals surface area contributed by atoms with Crippen LogP contribution >= 0.6 is 0 Å². The van der Waals surface area contributed by atoms with E-state index in [1.54, 1.807) is 0 Å². The van der Waals surface area contributed by atoms with E-state index in [4.69, 9.17) is 4.74 Å². The lowest BCUT2D eigenvalue weighted by Crippen LogP contribution is -2.24. The number of carbonyl (C=O) groups is 1. The average molecular weight is 193 g/mol. The van der Waals surface area contributed by atoms with Crippen molar-refractivity contribution in [3.8, 4) is 0 Å². The molecule has 0 fully saturated rings. The van der Waals surface area contributed by atoms with Crippen LogP contribution in [0.3, 0.4) is 0 Å². The number of rotatable bonds is 4. The average Bonchev–Trinajstić information content (AvgIpc) is 2.19. The number of hydrogen-bond donors (Lipinski definition) is 1. The molecule has 3 heteroatoms. The van der Waals surface area contributed by atoms with Gasteiger partial charge in [-0.2, -0.15) is 0 Å². The maximum atomic E-state index is 10.2. The summed E-state index contributed by atoms with van der Waals surface area (Å²) < 4.78 is 4.97. The highest BCUT2D eigenvalue weighted by Gasteiger charge is 1.87. The molecule has 0 heterocycles. The number of ether oxygens (including phenoxy) is 1. The Morgan fingerprint density at radius 3 is 2.08 bits per heavy atom. The van der Waals surface area contributed by atoms with E-state index >= 15 is 0 Å². The summed E-state index contributed by atoms with van der Waals surface area (Å²) in [7, 11) is 0. The van der Waals surface area contributed by atoms with Gasteiger partial charge in [0.1, 0.15) is 0 Å². The second-order valence-electron chi connectivity index (χ2n) is 1.68. The van der Waals surface area contributed by atoms with Crippen molar-refractivity contribution >= 4 is 5.91 Å². The first kappa shape index (κ1) is 18.3. The van der Waals surface area contributed by atoms with E-state index in [1.807, 2.05) is 34.6 Å². The Balaban J connectivity index is -0.0000000883. The minimum absolute atomic E-state index is 0. The topological polar surface area (TPSA) is 38.3 Å². The van der Waals surface area contributed by atoms with Gasteiger partial charge >= 0.3 is 0 Å². The molecule has 0 radical (unpaired) electrons. The van der Waals surface area contributed by atoms with E-state index in [9.17, 15) is 4.79 Å². The van der Waals surface area contributed by atoms with Gasteiger partial charge in [0.15, 0.2) is 0 Å². The van der Waals surface area contributed by atoms with Crippen LogP contribution in [-0.2, 0) is 9.53 Å². The third-order valence-corrected chi connectivity index (χ3v) is 0.824. The zero-order chi connectivity index (χ0) is 11.1. The van der Waals surface area contributed by atoms with Crippen molar-refractivity contribution in [1.29, 1.82) is 0 Å². The molecular formula is C10H27NO2. The second-order valence-corrected chi connectivity index (χ2v) is 1.68. The van der Waals surface area contributed by atoms with Crippen LogP contribution in [0, 0.1) is 0 Å². The van der Waals surface area contributed by atoms with Crippen LogP contribution in [0.1, 0.15) is 43.0 Å².